The van der Waals surface area contributed by atoms with Crippen molar-refractivity contribution in [3.63, 3.8) is 0 Å². The van der Waals surface area contributed by atoms with Crippen LogP contribution in [0.3, 0.4) is 0 Å². The largest absolute Gasteiger partial charge is 0.339 e. The highest BCUT2D eigenvalue weighted by Crippen LogP contribution is 2.21. The zero-order valence-corrected chi connectivity index (χ0v) is 18.4. The van der Waals surface area contributed by atoms with E-state index < -0.39 is 0 Å². The number of carbonyl (C=O) groups excluding carboxylic acids is 2. The van der Waals surface area contributed by atoms with E-state index in [9.17, 15) is 9.59 Å². The van der Waals surface area contributed by atoms with Crippen LogP contribution in [0.15, 0.2) is 18.2 Å². The minimum Gasteiger partial charge on any atom is -0.339 e. The van der Waals surface area contributed by atoms with Gasteiger partial charge < -0.3 is 10.2 Å². The van der Waals surface area contributed by atoms with Crippen molar-refractivity contribution in [3.8, 4) is 0 Å². The van der Waals surface area contributed by atoms with Gasteiger partial charge in [-0.1, -0.05) is 32.0 Å². The smallest absolute Gasteiger partial charge is 0.238 e. The number of para-hydroxylation sites is 1. The van der Waals surface area contributed by atoms with Gasteiger partial charge in [0.2, 0.25) is 11.8 Å². The molecule has 0 saturated carbocycles. The molecule has 6 nitrogen and oxygen atoms in total. The molecule has 0 radical (unpaired) electrons. The molecule has 1 aromatic carbocycles. The van der Waals surface area contributed by atoms with Crippen molar-refractivity contribution in [2.24, 2.45) is 11.8 Å². The molecule has 1 N–H and O–H groups in total. The Bertz CT molecular complexity index is 697. The fraction of sp³-hybridized carbons (Fsp3) is 0.652. The van der Waals surface area contributed by atoms with E-state index in [1.807, 2.05) is 36.9 Å². The average molecular weight is 401 g/mol. The number of carbonyl (C=O) groups is 2. The minimum atomic E-state index is 0.0125. The lowest BCUT2D eigenvalue weighted by atomic mass is 9.92. The van der Waals surface area contributed by atoms with Crippen molar-refractivity contribution in [1.29, 1.82) is 0 Å². The van der Waals surface area contributed by atoms with E-state index in [-0.39, 0.29) is 11.8 Å². The molecule has 3 rings (SSSR count). The normalized spacial score (nSPS) is 23.8. The predicted molar refractivity (Wildman–Crippen MR) is 117 cm³/mol. The van der Waals surface area contributed by atoms with E-state index in [4.69, 9.17) is 0 Å². The van der Waals surface area contributed by atoms with Gasteiger partial charge in [0.15, 0.2) is 0 Å². The number of nitrogens with one attached hydrogen (secondary N) is 1. The molecule has 2 aliphatic rings. The zero-order chi connectivity index (χ0) is 21.0. The molecule has 0 aromatic heterocycles. The highest BCUT2D eigenvalue weighted by atomic mass is 16.2. The first-order valence-corrected chi connectivity index (χ1v) is 10.9. The van der Waals surface area contributed by atoms with Gasteiger partial charge in [-0.15, -0.1) is 0 Å². The molecule has 160 valence electrons. The quantitative estimate of drug-likeness (QED) is 0.824. The van der Waals surface area contributed by atoms with Crippen LogP contribution >= 0.6 is 0 Å². The van der Waals surface area contributed by atoms with Gasteiger partial charge in [-0.05, 0) is 43.2 Å². The molecule has 0 spiro atoms. The van der Waals surface area contributed by atoms with Crippen molar-refractivity contribution < 1.29 is 9.59 Å². The summed E-state index contributed by atoms with van der Waals surface area (Å²) in [5.74, 6) is 1.57. The Morgan fingerprint density at radius 2 is 1.52 bits per heavy atom. The topological polar surface area (TPSA) is 55.9 Å². The summed E-state index contributed by atoms with van der Waals surface area (Å²) in [5, 5.41) is 3.05. The summed E-state index contributed by atoms with van der Waals surface area (Å²) in [4.78, 5) is 31.6. The van der Waals surface area contributed by atoms with Gasteiger partial charge in [-0.2, -0.15) is 0 Å². The summed E-state index contributed by atoms with van der Waals surface area (Å²) >= 11 is 0. The van der Waals surface area contributed by atoms with Gasteiger partial charge in [0.05, 0.1) is 13.1 Å². The van der Waals surface area contributed by atoms with Crippen molar-refractivity contribution in [3.05, 3.63) is 29.3 Å². The van der Waals surface area contributed by atoms with Crippen LogP contribution in [-0.4, -0.2) is 78.9 Å². The number of amides is 2. The molecule has 29 heavy (non-hydrogen) atoms. The van der Waals surface area contributed by atoms with Gasteiger partial charge in [0.1, 0.15) is 0 Å². The number of piperazine rings is 1. The summed E-state index contributed by atoms with van der Waals surface area (Å²) in [6, 6.07) is 6.02. The van der Waals surface area contributed by atoms with Crippen molar-refractivity contribution in [1.82, 2.24) is 14.7 Å². The summed E-state index contributed by atoms with van der Waals surface area (Å²) in [6.45, 7) is 14.4. The molecule has 2 atom stereocenters. The Morgan fingerprint density at radius 3 is 2.10 bits per heavy atom. The standard InChI is InChI=1S/C23H36N4O2/c1-17-12-18(2)14-26(13-17)16-22(29)27-10-8-25(9-11-27)15-21(28)24-23-19(3)6-5-7-20(23)4/h5-7,17-18H,8-16H2,1-4H3,(H,24,28). The van der Waals surface area contributed by atoms with Gasteiger partial charge >= 0.3 is 0 Å². The Labute approximate surface area is 175 Å². The number of hydrogen-bond donors (Lipinski definition) is 1. The number of benzene rings is 1. The van der Waals surface area contributed by atoms with Crippen molar-refractivity contribution in [2.75, 3.05) is 57.7 Å². The number of anilines is 1. The molecule has 0 bridgehead atoms. The Balaban J connectivity index is 1.43. The monoisotopic (exact) mass is 400 g/mol. The van der Waals surface area contributed by atoms with E-state index >= 15 is 0 Å². The molecular formula is C23H36N4O2. The van der Waals surface area contributed by atoms with E-state index in [1.54, 1.807) is 0 Å². The van der Waals surface area contributed by atoms with Crippen LogP contribution in [0.4, 0.5) is 5.69 Å². The van der Waals surface area contributed by atoms with Gasteiger partial charge in [-0.25, -0.2) is 0 Å². The van der Waals surface area contributed by atoms with E-state index in [1.165, 1.54) is 6.42 Å². The molecule has 6 heteroatoms. The summed E-state index contributed by atoms with van der Waals surface area (Å²) < 4.78 is 0. The third-order valence-electron chi connectivity index (χ3n) is 6.14. The maximum absolute atomic E-state index is 12.7. The molecule has 2 amide bonds. The van der Waals surface area contributed by atoms with Crippen LogP contribution in [0.2, 0.25) is 0 Å². The second-order valence-electron chi connectivity index (χ2n) is 9.11. The zero-order valence-electron chi connectivity index (χ0n) is 18.4. The summed E-state index contributed by atoms with van der Waals surface area (Å²) in [5.41, 5.74) is 3.07. The second-order valence-corrected chi connectivity index (χ2v) is 9.11. The fourth-order valence-corrected chi connectivity index (χ4v) is 4.76. The lowest BCUT2D eigenvalue weighted by molar-refractivity contribution is -0.135. The summed E-state index contributed by atoms with van der Waals surface area (Å²) in [6.07, 6.45) is 1.26. The van der Waals surface area contributed by atoms with Crippen LogP contribution in [0.25, 0.3) is 0 Å². The Kier molecular flexibility index (Phi) is 7.30. The second kappa shape index (κ2) is 9.72. The third kappa shape index (κ3) is 6.03. The Hall–Kier alpha value is -1.92. The van der Waals surface area contributed by atoms with Gasteiger partial charge in [0.25, 0.3) is 0 Å². The first kappa shape index (κ1) is 21.8. The summed E-state index contributed by atoms with van der Waals surface area (Å²) in [7, 11) is 0. The molecule has 2 heterocycles. The predicted octanol–water partition coefficient (Wildman–Crippen LogP) is 2.36. The maximum Gasteiger partial charge on any atom is 0.238 e. The lowest BCUT2D eigenvalue weighted by Crippen LogP contribution is -2.53. The number of rotatable bonds is 5. The molecule has 2 aliphatic heterocycles. The van der Waals surface area contributed by atoms with E-state index in [2.05, 4.69) is 29.0 Å². The molecule has 1 aromatic rings. The molecule has 0 aliphatic carbocycles. The highest BCUT2D eigenvalue weighted by molar-refractivity contribution is 5.93. The van der Waals surface area contributed by atoms with Crippen LogP contribution in [-0.2, 0) is 9.59 Å². The third-order valence-corrected chi connectivity index (χ3v) is 6.14. The number of aryl methyl sites for hydroxylation is 2. The fourth-order valence-electron chi connectivity index (χ4n) is 4.76. The van der Waals surface area contributed by atoms with Crippen molar-refractivity contribution >= 4 is 17.5 Å². The van der Waals surface area contributed by atoms with Crippen LogP contribution in [0.5, 0.6) is 0 Å². The van der Waals surface area contributed by atoms with E-state index in [0.29, 0.717) is 38.0 Å². The first-order chi connectivity index (χ1) is 13.8. The van der Waals surface area contributed by atoms with Crippen LogP contribution < -0.4 is 5.32 Å². The number of piperidine rings is 1. The Morgan fingerprint density at radius 1 is 0.931 bits per heavy atom. The SMILES string of the molecule is Cc1cccc(C)c1NC(=O)CN1CCN(C(=O)CN2CC(C)CC(C)C2)CC1. The molecular weight excluding hydrogens is 364 g/mol. The number of hydrogen-bond acceptors (Lipinski definition) is 4. The van der Waals surface area contributed by atoms with Crippen LogP contribution in [0, 0.1) is 25.7 Å². The van der Waals surface area contributed by atoms with Crippen molar-refractivity contribution in [2.45, 2.75) is 34.1 Å². The van der Waals surface area contributed by atoms with Gasteiger partial charge in [0, 0.05) is 45.0 Å². The minimum absolute atomic E-state index is 0.0125. The van der Waals surface area contributed by atoms with Gasteiger partial charge in [-0.3, -0.25) is 19.4 Å². The molecule has 2 unspecified atom stereocenters. The molecule has 2 saturated heterocycles. The molecule has 2 fully saturated rings. The van der Waals surface area contributed by atoms with Crippen LogP contribution in [0.1, 0.15) is 31.4 Å². The maximum atomic E-state index is 12.7. The lowest BCUT2D eigenvalue weighted by Gasteiger charge is -2.38. The number of nitrogens with zero attached hydrogens (tertiary/aromatic N) is 3. The van der Waals surface area contributed by atoms with E-state index in [0.717, 1.165) is 43.0 Å². The first-order valence-electron chi connectivity index (χ1n) is 10.9. The highest BCUT2D eigenvalue weighted by Gasteiger charge is 2.27. The average Bonchev–Trinajstić information content (AvgIpc) is 2.64. The number of likely N-dealkylation sites (tertiary alicyclic amines) is 1.